The monoisotopic (exact) mass is 203 g/mol. The number of nitrogens with two attached hydrogens (primary N) is 1. The smallest absolute Gasteiger partial charge is 0.137 e. The van der Waals surface area contributed by atoms with Crippen LogP contribution in [0.1, 0.15) is 36.5 Å². The van der Waals surface area contributed by atoms with E-state index in [9.17, 15) is 0 Å². The third-order valence-electron chi connectivity index (χ3n) is 2.87. The van der Waals surface area contributed by atoms with Crippen LogP contribution in [-0.2, 0) is 6.54 Å². The van der Waals surface area contributed by atoms with E-state index in [-0.39, 0.29) is 0 Å². The molecule has 1 aromatic carbocycles. The molecule has 0 radical (unpaired) electrons. The second-order valence-electron chi connectivity index (χ2n) is 4.30. The Kier molecular flexibility index (Phi) is 2.53. The van der Waals surface area contributed by atoms with Crippen LogP contribution in [-0.4, -0.2) is 0 Å². The minimum Gasteiger partial charge on any atom is -0.464 e. The molecule has 2 nitrogen and oxygen atoms in total. The van der Waals surface area contributed by atoms with Crippen molar-refractivity contribution in [2.24, 2.45) is 5.73 Å². The van der Waals surface area contributed by atoms with Gasteiger partial charge in [-0.05, 0) is 24.0 Å². The van der Waals surface area contributed by atoms with Crippen LogP contribution in [0.4, 0.5) is 0 Å². The molecule has 2 aromatic rings. The average Bonchev–Trinajstić information content (AvgIpc) is 2.62. The summed E-state index contributed by atoms with van der Waals surface area (Å²) in [6.45, 7) is 6.99. The molecule has 0 amide bonds. The van der Waals surface area contributed by atoms with Crippen LogP contribution in [0.2, 0.25) is 0 Å². The van der Waals surface area contributed by atoms with Crippen molar-refractivity contribution >= 4 is 11.0 Å². The Hall–Kier alpha value is -1.28. The van der Waals surface area contributed by atoms with Crippen LogP contribution in [0.15, 0.2) is 22.8 Å². The standard InChI is InChI=1S/C13H17NO/c1-8(2)11-5-4-9(3)13-12(11)10(6-14)7-15-13/h4-5,7-8H,6,14H2,1-3H3. The summed E-state index contributed by atoms with van der Waals surface area (Å²) < 4.78 is 5.58. The molecule has 0 aliphatic carbocycles. The van der Waals surface area contributed by atoms with Gasteiger partial charge in [0.25, 0.3) is 0 Å². The first-order valence-electron chi connectivity index (χ1n) is 5.34. The van der Waals surface area contributed by atoms with Gasteiger partial charge in [0.05, 0.1) is 6.26 Å². The molecule has 2 heteroatoms. The molecule has 1 aromatic heterocycles. The van der Waals surface area contributed by atoms with E-state index in [0.29, 0.717) is 12.5 Å². The lowest BCUT2D eigenvalue weighted by molar-refractivity contribution is 0.608. The summed E-state index contributed by atoms with van der Waals surface area (Å²) in [5.41, 5.74) is 10.3. The minimum absolute atomic E-state index is 0.496. The Balaban J connectivity index is 2.81. The highest BCUT2D eigenvalue weighted by Crippen LogP contribution is 2.31. The van der Waals surface area contributed by atoms with E-state index in [1.54, 1.807) is 6.26 Å². The largest absolute Gasteiger partial charge is 0.464 e. The second kappa shape index (κ2) is 3.70. The molecule has 0 bridgehead atoms. The highest BCUT2D eigenvalue weighted by molar-refractivity contribution is 5.87. The van der Waals surface area contributed by atoms with E-state index in [1.165, 1.54) is 16.5 Å². The first-order valence-corrected chi connectivity index (χ1v) is 5.34. The van der Waals surface area contributed by atoms with Gasteiger partial charge in [-0.25, -0.2) is 0 Å². The summed E-state index contributed by atoms with van der Waals surface area (Å²) in [5, 5.41) is 1.22. The fourth-order valence-corrected chi connectivity index (χ4v) is 2.01. The van der Waals surface area contributed by atoms with Gasteiger partial charge < -0.3 is 10.2 Å². The van der Waals surface area contributed by atoms with Crippen molar-refractivity contribution in [3.63, 3.8) is 0 Å². The van der Waals surface area contributed by atoms with Gasteiger partial charge in [-0.3, -0.25) is 0 Å². The second-order valence-corrected chi connectivity index (χ2v) is 4.30. The molecule has 0 unspecified atom stereocenters. The van der Waals surface area contributed by atoms with Gasteiger partial charge in [0.2, 0.25) is 0 Å². The highest BCUT2D eigenvalue weighted by Gasteiger charge is 2.13. The molecular weight excluding hydrogens is 186 g/mol. The quantitative estimate of drug-likeness (QED) is 0.813. The molecule has 0 spiro atoms. The van der Waals surface area contributed by atoms with Gasteiger partial charge >= 0.3 is 0 Å². The lowest BCUT2D eigenvalue weighted by atomic mass is 9.95. The minimum atomic E-state index is 0.496. The molecule has 80 valence electrons. The van der Waals surface area contributed by atoms with E-state index in [4.69, 9.17) is 10.2 Å². The van der Waals surface area contributed by atoms with Crippen molar-refractivity contribution in [2.45, 2.75) is 33.2 Å². The summed E-state index contributed by atoms with van der Waals surface area (Å²) in [4.78, 5) is 0. The zero-order valence-corrected chi connectivity index (χ0v) is 9.50. The zero-order valence-electron chi connectivity index (χ0n) is 9.50. The fourth-order valence-electron chi connectivity index (χ4n) is 2.01. The third-order valence-corrected chi connectivity index (χ3v) is 2.87. The van der Waals surface area contributed by atoms with Gasteiger partial charge in [-0.2, -0.15) is 0 Å². The number of aryl methyl sites for hydroxylation is 1. The Bertz CT molecular complexity index is 482. The molecule has 2 rings (SSSR count). The van der Waals surface area contributed by atoms with Crippen LogP contribution in [0.25, 0.3) is 11.0 Å². The molecule has 0 aliphatic heterocycles. The molecular formula is C13H17NO. The number of fused-ring (bicyclic) bond motifs is 1. The van der Waals surface area contributed by atoms with Crippen molar-refractivity contribution in [1.82, 2.24) is 0 Å². The van der Waals surface area contributed by atoms with E-state index in [2.05, 4.69) is 32.9 Å². The van der Waals surface area contributed by atoms with E-state index >= 15 is 0 Å². The molecule has 15 heavy (non-hydrogen) atoms. The Labute approximate surface area is 90.1 Å². The maximum absolute atomic E-state index is 5.72. The van der Waals surface area contributed by atoms with Crippen molar-refractivity contribution in [3.05, 3.63) is 35.1 Å². The van der Waals surface area contributed by atoms with Crippen LogP contribution in [0.5, 0.6) is 0 Å². The topological polar surface area (TPSA) is 39.2 Å². The van der Waals surface area contributed by atoms with Gasteiger partial charge in [0, 0.05) is 17.5 Å². The van der Waals surface area contributed by atoms with Gasteiger partial charge in [-0.15, -0.1) is 0 Å². The van der Waals surface area contributed by atoms with E-state index < -0.39 is 0 Å². The predicted molar refractivity (Wildman–Crippen MR) is 62.9 cm³/mol. The number of rotatable bonds is 2. The van der Waals surface area contributed by atoms with Crippen LogP contribution in [0.3, 0.4) is 0 Å². The lowest BCUT2D eigenvalue weighted by Gasteiger charge is -2.09. The van der Waals surface area contributed by atoms with Gasteiger partial charge in [0.1, 0.15) is 5.58 Å². The first kappa shape index (κ1) is 10.2. The van der Waals surface area contributed by atoms with Crippen LogP contribution < -0.4 is 5.73 Å². The fraction of sp³-hybridized carbons (Fsp3) is 0.385. The van der Waals surface area contributed by atoms with Crippen LogP contribution in [0, 0.1) is 6.92 Å². The van der Waals surface area contributed by atoms with Gasteiger partial charge in [-0.1, -0.05) is 26.0 Å². The van der Waals surface area contributed by atoms with Crippen molar-refractivity contribution in [1.29, 1.82) is 0 Å². The Morgan fingerprint density at radius 1 is 1.33 bits per heavy atom. The molecule has 0 atom stereocenters. The summed E-state index contributed by atoms with van der Waals surface area (Å²) in [7, 11) is 0. The maximum Gasteiger partial charge on any atom is 0.137 e. The highest BCUT2D eigenvalue weighted by atomic mass is 16.3. The SMILES string of the molecule is Cc1ccc(C(C)C)c2c(CN)coc12. The zero-order chi connectivity index (χ0) is 11.0. The molecule has 0 aliphatic rings. The first-order chi connectivity index (χ1) is 7.15. The molecule has 2 N–H and O–H groups in total. The van der Waals surface area contributed by atoms with E-state index in [0.717, 1.165) is 11.1 Å². The molecule has 0 saturated heterocycles. The van der Waals surface area contributed by atoms with Crippen molar-refractivity contribution in [3.8, 4) is 0 Å². The normalized spacial score (nSPS) is 11.5. The Morgan fingerprint density at radius 3 is 2.67 bits per heavy atom. The molecule has 0 saturated carbocycles. The summed E-state index contributed by atoms with van der Waals surface area (Å²) in [6.07, 6.45) is 1.78. The number of benzene rings is 1. The number of hydrogen-bond acceptors (Lipinski definition) is 2. The van der Waals surface area contributed by atoms with Crippen molar-refractivity contribution < 1.29 is 4.42 Å². The van der Waals surface area contributed by atoms with Crippen LogP contribution >= 0.6 is 0 Å². The maximum atomic E-state index is 5.72. The summed E-state index contributed by atoms with van der Waals surface area (Å²) >= 11 is 0. The predicted octanol–water partition coefficient (Wildman–Crippen LogP) is 3.32. The summed E-state index contributed by atoms with van der Waals surface area (Å²) in [5.74, 6) is 0.496. The lowest BCUT2D eigenvalue weighted by Crippen LogP contribution is -1.97. The summed E-state index contributed by atoms with van der Waals surface area (Å²) in [6, 6.07) is 4.29. The van der Waals surface area contributed by atoms with E-state index in [1.807, 2.05) is 0 Å². The molecule has 0 fully saturated rings. The van der Waals surface area contributed by atoms with Crippen molar-refractivity contribution in [2.75, 3.05) is 0 Å². The molecule has 1 heterocycles. The number of hydrogen-bond donors (Lipinski definition) is 1. The third kappa shape index (κ3) is 1.55. The van der Waals surface area contributed by atoms with Gasteiger partial charge in [0.15, 0.2) is 0 Å². The average molecular weight is 203 g/mol. The number of furan rings is 1. The Morgan fingerprint density at radius 2 is 2.07 bits per heavy atom.